The van der Waals surface area contributed by atoms with Crippen LogP contribution >= 0.6 is 0 Å². The third-order valence-electron chi connectivity index (χ3n) is 1.57. The minimum absolute atomic E-state index is 0.185. The molecule has 0 spiro atoms. The van der Waals surface area contributed by atoms with Crippen LogP contribution in [0.2, 0.25) is 0 Å². The van der Waals surface area contributed by atoms with Crippen molar-refractivity contribution in [3.8, 4) is 0 Å². The molecule has 7 nitrogen and oxygen atoms in total. The standard InChI is InChI=1S/C6H6O3S.C4H6O4/c7-10(8,9)6-4-2-1-3-5-6;5-3(6)1-2-4(7)8/h1-5H,(H,7,8,9);1-2H2,(H,5,6)(H,7,8)/p-3. The molecule has 100 valence electrons. The molecule has 0 aliphatic rings. The first-order chi connectivity index (χ1) is 8.23. The molecule has 0 N–H and O–H groups in total. The van der Waals surface area contributed by atoms with Crippen LogP contribution in [0.1, 0.15) is 12.8 Å². The SMILES string of the molecule is O=C([O-])CCC(=O)[O-].O=S(=O)([O-])c1ccccc1. The van der Waals surface area contributed by atoms with Gasteiger partial charge in [-0.2, -0.15) is 0 Å². The lowest BCUT2D eigenvalue weighted by Crippen LogP contribution is -2.27. The van der Waals surface area contributed by atoms with E-state index in [4.69, 9.17) is 0 Å². The number of benzene rings is 1. The van der Waals surface area contributed by atoms with E-state index in [2.05, 4.69) is 0 Å². The summed E-state index contributed by atoms with van der Waals surface area (Å²) in [4.78, 5) is 18.8. The molecular weight excluding hydrogens is 264 g/mol. The predicted octanol–water partition coefficient (Wildman–Crippen LogP) is -2.14. The van der Waals surface area contributed by atoms with E-state index in [1.807, 2.05) is 0 Å². The maximum absolute atomic E-state index is 10.3. The van der Waals surface area contributed by atoms with E-state index in [1.54, 1.807) is 6.07 Å². The molecule has 8 heteroatoms. The van der Waals surface area contributed by atoms with Crippen LogP contribution < -0.4 is 10.2 Å². The molecule has 0 atom stereocenters. The molecule has 0 saturated heterocycles. The zero-order valence-electron chi connectivity index (χ0n) is 9.07. The van der Waals surface area contributed by atoms with Crippen LogP contribution in [-0.2, 0) is 19.7 Å². The van der Waals surface area contributed by atoms with Crippen LogP contribution in [0.15, 0.2) is 35.2 Å². The fourth-order valence-corrected chi connectivity index (χ4v) is 1.28. The van der Waals surface area contributed by atoms with E-state index >= 15 is 0 Å². The number of carbonyl (C=O) groups is 2. The lowest BCUT2D eigenvalue weighted by molar-refractivity contribution is -0.315. The topological polar surface area (TPSA) is 137 Å². The minimum atomic E-state index is -4.25. The highest BCUT2D eigenvalue weighted by molar-refractivity contribution is 7.85. The number of rotatable bonds is 4. The number of hydrogen-bond acceptors (Lipinski definition) is 7. The van der Waals surface area contributed by atoms with Crippen LogP contribution in [-0.4, -0.2) is 24.9 Å². The number of carbonyl (C=O) groups excluding carboxylic acids is 2. The van der Waals surface area contributed by atoms with E-state index in [-0.39, 0.29) is 4.90 Å². The van der Waals surface area contributed by atoms with Crippen molar-refractivity contribution >= 4 is 22.1 Å². The van der Waals surface area contributed by atoms with Gasteiger partial charge in [0.1, 0.15) is 10.1 Å². The Labute approximate surface area is 103 Å². The van der Waals surface area contributed by atoms with Gasteiger partial charge in [0.2, 0.25) is 0 Å². The maximum atomic E-state index is 10.3. The average molecular weight is 273 g/mol. The molecule has 18 heavy (non-hydrogen) atoms. The molecule has 1 aromatic carbocycles. The first kappa shape index (κ1) is 16.1. The van der Waals surface area contributed by atoms with Crippen molar-refractivity contribution in [3.63, 3.8) is 0 Å². The van der Waals surface area contributed by atoms with Crippen molar-refractivity contribution in [2.75, 3.05) is 0 Å². The predicted molar refractivity (Wildman–Crippen MR) is 53.7 cm³/mol. The van der Waals surface area contributed by atoms with E-state index in [0.29, 0.717) is 0 Å². The number of carboxylic acid groups (broad SMARTS) is 2. The molecule has 0 aliphatic carbocycles. The smallest absolute Gasteiger partial charge is 0.124 e. The quantitative estimate of drug-likeness (QED) is 0.570. The van der Waals surface area contributed by atoms with E-state index in [0.717, 1.165) is 0 Å². The Kier molecular flexibility index (Phi) is 6.61. The Hall–Kier alpha value is -1.93. The van der Waals surface area contributed by atoms with Gasteiger partial charge in [0.05, 0.1) is 4.90 Å². The van der Waals surface area contributed by atoms with Gasteiger partial charge in [0, 0.05) is 11.9 Å². The highest BCUT2D eigenvalue weighted by Gasteiger charge is 1.95. The fourth-order valence-electron chi connectivity index (χ4n) is 0.791. The van der Waals surface area contributed by atoms with Crippen LogP contribution in [0.25, 0.3) is 0 Å². The molecule has 0 fully saturated rings. The van der Waals surface area contributed by atoms with Crippen LogP contribution in [0, 0.1) is 0 Å². The third-order valence-corrected chi connectivity index (χ3v) is 2.41. The summed E-state index contributed by atoms with van der Waals surface area (Å²) in [5, 5.41) is 19.0. The molecule has 0 radical (unpaired) electrons. The second-order valence-corrected chi connectivity index (χ2v) is 4.39. The van der Waals surface area contributed by atoms with Crippen molar-refractivity contribution in [1.82, 2.24) is 0 Å². The van der Waals surface area contributed by atoms with Gasteiger partial charge in [-0.1, -0.05) is 18.2 Å². The highest BCUT2D eigenvalue weighted by atomic mass is 32.2. The second kappa shape index (κ2) is 7.41. The zero-order chi connectivity index (χ0) is 14.2. The monoisotopic (exact) mass is 273 g/mol. The Morgan fingerprint density at radius 1 is 0.944 bits per heavy atom. The Morgan fingerprint density at radius 2 is 1.33 bits per heavy atom. The summed E-state index contributed by atoms with van der Waals surface area (Å²) in [5.41, 5.74) is 0. The highest BCUT2D eigenvalue weighted by Crippen LogP contribution is 2.04. The molecule has 0 aromatic heterocycles. The van der Waals surface area contributed by atoms with Crippen LogP contribution in [0.4, 0.5) is 0 Å². The number of carboxylic acids is 2. The molecule has 0 saturated carbocycles. The summed E-state index contributed by atoms with van der Waals surface area (Å²) >= 11 is 0. The normalized spacial score (nSPS) is 10.1. The van der Waals surface area contributed by atoms with Crippen LogP contribution in [0.5, 0.6) is 0 Å². The second-order valence-electron chi connectivity index (χ2n) is 3.01. The van der Waals surface area contributed by atoms with Crippen molar-refractivity contribution in [3.05, 3.63) is 30.3 Å². The lowest BCUT2D eigenvalue weighted by Gasteiger charge is -2.04. The molecule has 0 heterocycles. The Balaban J connectivity index is 0.000000331. The molecule has 0 bridgehead atoms. The number of hydrogen-bond donors (Lipinski definition) is 0. The molecule has 1 rings (SSSR count). The van der Waals surface area contributed by atoms with Gasteiger partial charge in [0.25, 0.3) is 0 Å². The fraction of sp³-hybridized carbons (Fsp3) is 0.200. The Morgan fingerprint density at radius 3 is 1.56 bits per heavy atom. The molecular formula is C10H9O7S-3. The van der Waals surface area contributed by atoms with Crippen LogP contribution in [0.3, 0.4) is 0 Å². The summed E-state index contributed by atoms with van der Waals surface area (Å²) < 4.78 is 30.8. The molecule has 0 unspecified atom stereocenters. The summed E-state index contributed by atoms with van der Waals surface area (Å²) in [6.07, 6.45) is -0.940. The van der Waals surface area contributed by atoms with Crippen molar-refractivity contribution in [2.45, 2.75) is 17.7 Å². The molecule has 0 amide bonds. The van der Waals surface area contributed by atoms with Gasteiger partial charge in [-0.3, -0.25) is 0 Å². The average Bonchev–Trinajstić information content (AvgIpc) is 2.27. The molecule has 0 aliphatic heterocycles. The Bertz CT molecular complexity index is 478. The zero-order valence-corrected chi connectivity index (χ0v) is 9.88. The third kappa shape index (κ3) is 8.25. The first-order valence-electron chi connectivity index (χ1n) is 4.64. The van der Waals surface area contributed by atoms with E-state index < -0.39 is 34.9 Å². The lowest BCUT2D eigenvalue weighted by atomic mass is 10.3. The van der Waals surface area contributed by atoms with Gasteiger partial charge in [-0.05, 0) is 25.0 Å². The largest absolute Gasteiger partial charge is 0.744 e. The van der Waals surface area contributed by atoms with Crippen molar-refractivity contribution < 1.29 is 32.8 Å². The summed E-state index contributed by atoms with van der Waals surface area (Å²) in [5.74, 6) is -2.73. The van der Waals surface area contributed by atoms with Gasteiger partial charge in [0.15, 0.2) is 0 Å². The summed E-state index contributed by atoms with van der Waals surface area (Å²) in [6.45, 7) is 0. The number of aliphatic carboxylic acids is 2. The van der Waals surface area contributed by atoms with Gasteiger partial charge in [-0.15, -0.1) is 0 Å². The van der Waals surface area contributed by atoms with Crippen molar-refractivity contribution in [2.24, 2.45) is 0 Å². The van der Waals surface area contributed by atoms with Gasteiger partial charge >= 0.3 is 0 Å². The van der Waals surface area contributed by atoms with Gasteiger partial charge < -0.3 is 24.4 Å². The van der Waals surface area contributed by atoms with Gasteiger partial charge in [-0.25, -0.2) is 8.42 Å². The summed E-state index contributed by atoms with van der Waals surface area (Å²) in [7, 11) is -4.25. The molecule has 1 aromatic rings. The van der Waals surface area contributed by atoms with E-state index in [1.165, 1.54) is 24.3 Å². The first-order valence-corrected chi connectivity index (χ1v) is 6.05. The summed E-state index contributed by atoms with van der Waals surface area (Å²) in [6, 6.07) is 7.19. The minimum Gasteiger partial charge on any atom is -0.744 e. The van der Waals surface area contributed by atoms with Crippen molar-refractivity contribution in [1.29, 1.82) is 0 Å². The van der Waals surface area contributed by atoms with E-state index in [9.17, 15) is 32.8 Å². The maximum Gasteiger partial charge on any atom is 0.124 e.